The van der Waals surface area contributed by atoms with Gasteiger partial charge in [0.25, 0.3) is 0 Å². The monoisotopic (exact) mass is 299 g/mol. The summed E-state index contributed by atoms with van der Waals surface area (Å²) in [4.78, 5) is 11.1. The standard InChI is InChI=1S/C12H14FN3O3S/c1-3-15-12(17)8-16(2)20(18,19)10-4-5-11(13)9(6-10)7-14/h4-6H,3,8H2,1-2H3,(H,15,17). The van der Waals surface area contributed by atoms with Gasteiger partial charge in [0.2, 0.25) is 15.9 Å². The molecule has 1 rings (SSSR count). The van der Waals surface area contributed by atoms with Crippen molar-refractivity contribution < 1.29 is 17.6 Å². The van der Waals surface area contributed by atoms with Gasteiger partial charge < -0.3 is 5.32 Å². The molecule has 0 spiro atoms. The Morgan fingerprint density at radius 3 is 2.70 bits per heavy atom. The summed E-state index contributed by atoms with van der Waals surface area (Å²) >= 11 is 0. The molecule has 108 valence electrons. The molecule has 1 aromatic rings. The second-order valence-corrected chi connectivity index (χ2v) is 6.01. The van der Waals surface area contributed by atoms with Crippen molar-refractivity contribution in [3.63, 3.8) is 0 Å². The van der Waals surface area contributed by atoms with Crippen molar-refractivity contribution in [3.8, 4) is 6.07 Å². The first-order chi connectivity index (χ1) is 9.32. The Balaban J connectivity index is 3.05. The summed E-state index contributed by atoms with van der Waals surface area (Å²) in [5.74, 6) is -1.24. The van der Waals surface area contributed by atoms with E-state index in [1.807, 2.05) is 0 Å². The van der Waals surface area contributed by atoms with Gasteiger partial charge in [-0.2, -0.15) is 9.57 Å². The number of sulfonamides is 1. The van der Waals surface area contributed by atoms with Crippen molar-refractivity contribution in [2.24, 2.45) is 0 Å². The molecule has 8 heteroatoms. The summed E-state index contributed by atoms with van der Waals surface area (Å²) in [5, 5.41) is 11.2. The van der Waals surface area contributed by atoms with Gasteiger partial charge in [-0.25, -0.2) is 12.8 Å². The lowest BCUT2D eigenvalue weighted by Crippen LogP contribution is -2.38. The third-order valence-electron chi connectivity index (χ3n) is 2.51. The first-order valence-corrected chi connectivity index (χ1v) is 7.19. The maximum atomic E-state index is 13.2. The number of halogens is 1. The molecular formula is C12H14FN3O3S. The van der Waals surface area contributed by atoms with E-state index in [1.54, 1.807) is 13.0 Å². The van der Waals surface area contributed by atoms with Crippen LogP contribution in [0, 0.1) is 17.1 Å². The molecule has 0 aliphatic heterocycles. The maximum absolute atomic E-state index is 13.2. The molecule has 1 amide bonds. The fraction of sp³-hybridized carbons (Fsp3) is 0.333. The summed E-state index contributed by atoms with van der Waals surface area (Å²) in [6, 6.07) is 4.48. The van der Waals surface area contributed by atoms with Crippen molar-refractivity contribution in [3.05, 3.63) is 29.6 Å². The second-order valence-electron chi connectivity index (χ2n) is 3.97. The molecule has 0 saturated carbocycles. The maximum Gasteiger partial charge on any atom is 0.243 e. The van der Waals surface area contributed by atoms with Gasteiger partial charge >= 0.3 is 0 Å². The lowest BCUT2D eigenvalue weighted by atomic mass is 10.2. The topological polar surface area (TPSA) is 90.3 Å². The predicted octanol–water partition coefficient (Wildman–Crippen LogP) is 0.454. The molecule has 0 fully saturated rings. The first-order valence-electron chi connectivity index (χ1n) is 5.75. The third-order valence-corrected chi connectivity index (χ3v) is 4.31. The molecule has 0 aliphatic rings. The molecule has 1 N–H and O–H groups in total. The molecule has 20 heavy (non-hydrogen) atoms. The van der Waals surface area contributed by atoms with Gasteiger partial charge in [0.1, 0.15) is 11.9 Å². The highest BCUT2D eigenvalue weighted by atomic mass is 32.2. The van der Waals surface area contributed by atoms with Crippen LogP contribution in [-0.2, 0) is 14.8 Å². The van der Waals surface area contributed by atoms with E-state index in [9.17, 15) is 17.6 Å². The molecule has 0 unspecified atom stereocenters. The van der Waals surface area contributed by atoms with E-state index in [2.05, 4.69) is 5.32 Å². The van der Waals surface area contributed by atoms with E-state index >= 15 is 0 Å². The van der Waals surface area contributed by atoms with Gasteiger partial charge in [-0.15, -0.1) is 0 Å². The van der Waals surface area contributed by atoms with Crippen molar-refractivity contribution in [1.29, 1.82) is 5.26 Å². The van der Waals surface area contributed by atoms with Crippen LogP contribution in [0.4, 0.5) is 4.39 Å². The van der Waals surface area contributed by atoms with E-state index in [0.29, 0.717) is 6.54 Å². The number of nitriles is 1. The highest BCUT2D eigenvalue weighted by molar-refractivity contribution is 7.89. The number of nitrogens with one attached hydrogen (secondary N) is 1. The van der Waals surface area contributed by atoms with Crippen molar-refractivity contribution in [2.45, 2.75) is 11.8 Å². The second kappa shape index (κ2) is 6.45. The summed E-state index contributed by atoms with van der Waals surface area (Å²) < 4.78 is 38.3. The average molecular weight is 299 g/mol. The SMILES string of the molecule is CCNC(=O)CN(C)S(=O)(=O)c1ccc(F)c(C#N)c1. The zero-order chi connectivity index (χ0) is 15.3. The summed E-state index contributed by atoms with van der Waals surface area (Å²) in [7, 11) is -2.71. The Bertz CT molecular complexity index is 652. The predicted molar refractivity (Wildman–Crippen MR) is 69.6 cm³/mol. The van der Waals surface area contributed by atoms with Crippen LogP contribution in [0.2, 0.25) is 0 Å². The van der Waals surface area contributed by atoms with Crippen LogP contribution in [0.15, 0.2) is 23.1 Å². The van der Waals surface area contributed by atoms with Crippen LogP contribution in [0.5, 0.6) is 0 Å². The van der Waals surface area contributed by atoms with Gasteiger partial charge in [0.05, 0.1) is 17.0 Å². The molecule has 0 saturated heterocycles. The minimum absolute atomic E-state index is 0.234. The highest BCUT2D eigenvalue weighted by Crippen LogP contribution is 2.17. The van der Waals surface area contributed by atoms with Crippen LogP contribution >= 0.6 is 0 Å². The van der Waals surface area contributed by atoms with Crippen LogP contribution in [0.25, 0.3) is 0 Å². The lowest BCUT2D eigenvalue weighted by Gasteiger charge is -2.16. The molecule has 0 radical (unpaired) electrons. The Kier molecular flexibility index (Phi) is 5.19. The molecule has 6 nitrogen and oxygen atoms in total. The number of nitrogens with zero attached hydrogens (tertiary/aromatic N) is 2. The Morgan fingerprint density at radius 2 is 2.15 bits per heavy atom. The summed E-state index contributed by atoms with van der Waals surface area (Å²) in [5.41, 5.74) is -0.363. The van der Waals surface area contributed by atoms with Gasteiger partial charge in [0.15, 0.2) is 0 Å². The minimum Gasteiger partial charge on any atom is -0.355 e. The average Bonchev–Trinajstić information content (AvgIpc) is 2.39. The summed E-state index contributed by atoms with van der Waals surface area (Å²) in [6.07, 6.45) is 0. The molecule has 0 aromatic heterocycles. The number of likely N-dealkylation sites (N-methyl/N-ethyl adjacent to an activating group) is 2. The number of amides is 1. The van der Waals surface area contributed by atoms with Crippen LogP contribution < -0.4 is 5.32 Å². The molecule has 0 heterocycles. The Morgan fingerprint density at radius 1 is 1.50 bits per heavy atom. The molecule has 0 aliphatic carbocycles. The lowest BCUT2D eigenvalue weighted by molar-refractivity contribution is -0.121. The Hall–Kier alpha value is -1.98. The Labute approximate surface area is 116 Å². The quantitative estimate of drug-likeness (QED) is 0.855. The van der Waals surface area contributed by atoms with Crippen LogP contribution in [-0.4, -0.2) is 38.8 Å². The van der Waals surface area contributed by atoms with Gasteiger partial charge in [0, 0.05) is 13.6 Å². The van der Waals surface area contributed by atoms with E-state index < -0.39 is 21.7 Å². The number of rotatable bonds is 5. The molecule has 0 bridgehead atoms. The van der Waals surface area contributed by atoms with Crippen LogP contribution in [0.1, 0.15) is 12.5 Å². The van der Waals surface area contributed by atoms with Gasteiger partial charge in [-0.3, -0.25) is 4.79 Å². The first kappa shape index (κ1) is 16.1. The van der Waals surface area contributed by atoms with Gasteiger partial charge in [-0.1, -0.05) is 0 Å². The number of carbonyl (C=O) groups is 1. The van der Waals surface area contributed by atoms with Crippen molar-refractivity contribution in [1.82, 2.24) is 9.62 Å². The molecular weight excluding hydrogens is 285 g/mol. The van der Waals surface area contributed by atoms with Crippen molar-refractivity contribution in [2.75, 3.05) is 20.1 Å². The van der Waals surface area contributed by atoms with Crippen LogP contribution in [0.3, 0.4) is 0 Å². The minimum atomic E-state index is -3.95. The highest BCUT2D eigenvalue weighted by Gasteiger charge is 2.23. The van der Waals surface area contributed by atoms with E-state index in [4.69, 9.17) is 5.26 Å². The zero-order valence-electron chi connectivity index (χ0n) is 11.1. The van der Waals surface area contributed by atoms with E-state index in [0.717, 1.165) is 22.5 Å². The number of benzene rings is 1. The smallest absolute Gasteiger partial charge is 0.243 e. The fourth-order valence-corrected chi connectivity index (χ4v) is 2.62. The molecule has 1 aromatic carbocycles. The third kappa shape index (κ3) is 3.53. The number of carbonyl (C=O) groups excluding carboxylic acids is 1. The zero-order valence-corrected chi connectivity index (χ0v) is 11.9. The van der Waals surface area contributed by atoms with Gasteiger partial charge in [-0.05, 0) is 25.1 Å². The summed E-state index contributed by atoms with van der Waals surface area (Å²) in [6.45, 7) is 1.75. The number of hydrogen-bond acceptors (Lipinski definition) is 4. The largest absolute Gasteiger partial charge is 0.355 e. The normalized spacial score (nSPS) is 11.2. The van der Waals surface area contributed by atoms with E-state index in [-0.39, 0.29) is 17.0 Å². The number of hydrogen-bond donors (Lipinski definition) is 1. The van der Waals surface area contributed by atoms with Crippen molar-refractivity contribution >= 4 is 15.9 Å². The van der Waals surface area contributed by atoms with E-state index in [1.165, 1.54) is 7.05 Å². The molecule has 0 atom stereocenters. The fourth-order valence-electron chi connectivity index (χ4n) is 1.47.